The summed E-state index contributed by atoms with van der Waals surface area (Å²) in [6.07, 6.45) is 0.286. The van der Waals surface area contributed by atoms with E-state index in [4.69, 9.17) is 0 Å². The summed E-state index contributed by atoms with van der Waals surface area (Å²) < 4.78 is 0. The number of anilines is 1. The molecule has 1 aliphatic rings. The fourth-order valence-corrected chi connectivity index (χ4v) is 2.64. The quantitative estimate of drug-likeness (QED) is 0.342. The van der Waals surface area contributed by atoms with E-state index in [0.717, 1.165) is 5.56 Å². The number of nitrogens with one attached hydrogen (secondary N) is 3. The van der Waals surface area contributed by atoms with E-state index in [-0.39, 0.29) is 41.9 Å². The molecule has 27 heavy (non-hydrogen) atoms. The molecular weight excluding hydrogens is 357 g/mol. The first-order valence-electron chi connectivity index (χ1n) is 8.22. The van der Waals surface area contributed by atoms with Gasteiger partial charge >= 0.3 is 29.6 Å². The number of amides is 2. The van der Waals surface area contributed by atoms with E-state index in [2.05, 4.69) is 16.0 Å². The number of carboxylic acid groups (broad SMARTS) is 1. The van der Waals surface area contributed by atoms with Gasteiger partial charge in [0, 0.05) is 12.1 Å². The average Bonchev–Trinajstić information content (AvgIpc) is 3.44. The summed E-state index contributed by atoms with van der Waals surface area (Å²) in [6.45, 7) is 0. The first-order valence-corrected chi connectivity index (χ1v) is 8.22. The summed E-state index contributed by atoms with van der Waals surface area (Å²) in [5.74, 6) is -2.25. The van der Waals surface area contributed by atoms with Crippen molar-refractivity contribution in [2.45, 2.75) is 24.5 Å². The van der Waals surface area contributed by atoms with Crippen molar-refractivity contribution in [3.8, 4) is 0 Å². The van der Waals surface area contributed by atoms with Crippen molar-refractivity contribution in [2.24, 2.45) is 0 Å². The molecule has 8 heteroatoms. The van der Waals surface area contributed by atoms with E-state index < -0.39 is 30.0 Å². The number of carbonyl (C=O) groups excluding carboxylic acids is 3. The van der Waals surface area contributed by atoms with Crippen molar-refractivity contribution in [2.75, 3.05) is 5.32 Å². The molecule has 0 bridgehead atoms. The molecule has 0 saturated carbocycles. The minimum absolute atomic E-state index is 0. The van der Waals surface area contributed by atoms with Gasteiger partial charge in [0.15, 0.2) is 0 Å². The summed E-state index contributed by atoms with van der Waals surface area (Å²) in [5, 5.41) is 18.7. The molecule has 3 rings (SSSR count). The van der Waals surface area contributed by atoms with Crippen molar-refractivity contribution in [3.63, 3.8) is 0 Å². The second-order valence-corrected chi connectivity index (χ2v) is 6.05. The topological polar surface area (TPSA) is 120 Å². The Balaban J connectivity index is 0.00000261. The Hall–Kier alpha value is -2.19. The van der Waals surface area contributed by atoms with Crippen LogP contribution in [-0.4, -0.2) is 35.9 Å². The van der Waals surface area contributed by atoms with Gasteiger partial charge < -0.3 is 20.5 Å². The van der Waals surface area contributed by atoms with Crippen LogP contribution < -0.4 is 50.6 Å². The summed E-state index contributed by atoms with van der Waals surface area (Å²) in [6, 6.07) is 15.4. The Kier molecular flexibility index (Phi) is 7.55. The predicted molar refractivity (Wildman–Crippen MR) is 92.9 cm³/mol. The van der Waals surface area contributed by atoms with Crippen LogP contribution in [0.2, 0.25) is 0 Å². The Morgan fingerprint density at radius 1 is 0.963 bits per heavy atom. The Morgan fingerprint density at radius 2 is 1.56 bits per heavy atom. The van der Waals surface area contributed by atoms with Crippen LogP contribution >= 0.6 is 0 Å². The van der Waals surface area contributed by atoms with Crippen molar-refractivity contribution in [1.82, 2.24) is 10.6 Å². The standard InChI is InChI=1S/C19H19N3O4.Na/c23-17(20-13-9-5-2-6-10-13)14(11-12-7-3-1-4-8-12)21-18(24)15-16(22-15)19(25)26;/h1-10,14-16,22H,11H2,(H,20,23)(H,21,24)(H,25,26);/q;+1/p-1/t14-,15-,16-;/m0./s1. The zero-order valence-electron chi connectivity index (χ0n) is 14.8. The largest absolute Gasteiger partial charge is 1.00 e. The zero-order chi connectivity index (χ0) is 18.5. The third kappa shape index (κ3) is 5.90. The third-order valence-electron chi connectivity index (χ3n) is 4.08. The smallest absolute Gasteiger partial charge is 0.548 e. The van der Waals surface area contributed by atoms with Gasteiger partial charge in [0.25, 0.3) is 0 Å². The van der Waals surface area contributed by atoms with E-state index >= 15 is 0 Å². The van der Waals surface area contributed by atoms with Crippen LogP contribution in [0.4, 0.5) is 5.69 Å². The van der Waals surface area contributed by atoms with Gasteiger partial charge in [-0.25, -0.2) is 0 Å². The molecule has 0 spiro atoms. The fraction of sp³-hybridized carbons (Fsp3) is 0.211. The van der Waals surface area contributed by atoms with E-state index in [0.29, 0.717) is 5.69 Å². The van der Waals surface area contributed by atoms with Gasteiger partial charge in [-0.1, -0.05) is 48.5 Å². The molecule has 0 aliphatic carbocycles. The molecule has 1 fully saturated rings. The molecule has 2 amide bonds. The van der Waals surface area contributed by atoms with Crippen molar-refractivity contribution >= 4 is 23.5 Å². The first-order chi connectivity index (χ1) is 12.5. The molecule has 1 aliphatic heterocycles. The first kappa shape index (κ1) is 21.1. The molecule has 2 aromatic carbocycles. The molecule has 0 aromatic heterocycles. The second-order valence-electron chi connectivity index (χ2n) is 6.05. The molecule has 1 saturated heterocycles. The summed E-state index contributed by atoms with van der Waals surface area (Å²) >= 11 is 0. The number of carboxylic acids is 1. The Morgan fingerprint density at radius 3 is 2.11 bits per heavy atom. The Bertz CT molecular complexity index is 801. The van der Waals surface area contributed by atoms with Crippen LogP contribution in [0.5, 0.6) is 0 Å². The molecule has 7 nitrogen and oxygen atoms in total. The fourth-order valence-electron chi connectivity index (χ4n) is 2.64. The van der Waals surface area contributed by atoms with Crippen LogP contribution in [0.15, 0.2) is 60.7 Å². The zero-order valence-corrected chi connectivity index (χ0v) is 16.8. The van der Waals surface area contributed by atoms with Gasteiger partial charge in [0.05, 0.1) is 12.0 Å². The maximum atomic E-state index is 12.6. The van der Waals surface area contributed by atoms with E-state index in [9.17, 15) is 19.5 Å². The van der Waals surface area contributed by atoms with E-state index in [1.165, 1.54) is 0 Å². The number of para-hydroxylation sites is 1. The van der Waals surface area contributed by atoms with E-state index in [1.54, 1.807) is 24.3 Å². The summed E-state index contributed by atoms with van der Waals surface area (Å²) in [4.78, 5) is 35.7. The van der Waals surface area contributed by atoms with Crippen molar-refractivity contribution in [1.29, 1.82) is 0 Å². The van der Waals surface area contributed by atoms with Crippen molar-refractivity contribution in [3.05, 3.63) is 66.2 Å². The normalized spacial score (nSPS) is 18.5. The van der Waals surface area contributed by atoms with Crippen LogP contribution in [0, 0.1) is 0 Å². The minimum atomic E-state index is -1.33. The number of benzene rings is 2. The molecule has 3 atom stereocenters. The van der Waals surface area contributed by atoms with E-state index in [1.807, 2.05) is 36.4 Å². The molecule has 2 aromatic rings. The molecule has 3 N–H and O–H groups in total. The predicted octanol–water partition coefficient (Wildman–Crippen LogP) is -3.55. The van der Waals surface area contributed by atoms with Gasteiger partial charge in [-0.2, -0.15) is 0 Å². The van der Waals surface area contributed by atoms with Gasteiger partial charge in [-0.3, -0.25) is 14.9 Å². The Labute approximate surface area is 178 Å². The average molecular weight is 375 g/mol. The molecule has 0 radical (unpaired) electrons. The van der Waals surface area contributed by atoms with Gasteiger partial charge in [0.2, 0.25) is 11.8 Å². The summed E-state index contributed by atoms with van der Waals surface area (Å²) in [7, 11) is 0. The number of rotatable bonds is 7. The molecular formula is C19H18N3NaO4. The van der Waals surface area contributed by atoms with Crippen molar-refractivity contribution < 1.29 is 49.0 Å². The molecule has 0 unspecified atom stereocenters. The maximum absolute atomic E-state index is 12.6. The van der Waals surface area contributed by atoms with Crippen LogP contribution in [0.1, 0.15) is 5.56 Å². The monoisotopic (exact) mass is 375 g/mol. The van der Waals surface area contributed by atoms with Gasteiger partial charge in [-0.05, 0) is 17.7 Å². The van der Waals surface area contributed by atoms with Crippen LogP contribution in [0.25, 0.3) is 0 Å². The number of aliphatic carboxylic acids is 1. The van der Waals surface area contributed by atoms with Crippen LogP contribution in [-0.2, 0) is 20.8 Å². The number of carbonyl (C=O) groups is 3. The third-order valence-corrected chi connectivity index (χ3v) is 4.08. The second kappa shape index (κ2) is 9.66. The number of hydrogen-bond donors (Lipinski definition) is 3. The minimum Gasteiger partial charge on any atom is -0.548 e. The van der Waals surface area contributed by atoms with Crippen LogP contribution in [0.3, 0.4) is 0 Å². The van der Waals surface area contributed by atoms with Gasteiger partial charge in [-0.15, -0.1) is 0 Å². The molecule has 1 heterocycles. The SMILES string of the molecule is O=C(Nc1ccccc1)[C@H](Cc1ccccc1)NC(=O)[C@H]1N[C@@H]1C(=O)[O-].[Na+]. The number of hydrogen-bond acceptors (Lipinski definition) is 5. The molecule has 134 valence electrons. The summed E-state index contributed by atoms with van der Waals surface area (Å²) in [5.41, 5.74) is 1.49. The van der Waals surface area contributed by atoms with Gasteiger partial charge in [0.1, 0.15) is 12.1 Å². The maximum Gasteiger partial charge on any atom is 1.00 e.